The van der Waals surface area contributed by atoms with Crippen molar-refractivity contribution in [1.82, 2.24) is 19.7 Å². The molecule has 3 aliphatic rings. The van der Waals surface area contributed by atoms with Crippen LogP contribution in [0.4, 0.5) is 0 Å². The van der Waals surface area contributed by atoms with Crippen molar-refractivity contribution in [1.29, 1.82) is 0 Å². The lowest BCUT2D eigenvalue weighted by atomic mass is 9.92. The van der Waals surface area contributed by atoms with E-state index >= 15 is 0 Å². The number of likely N-dealkylation sites (tertiary alicyclic amines) is 2. The predicted molar refractivity (Wildman–Crippen MR) is 115 cm³/mol. The average molecular weight is 429 g/mol. The minimum absolute atomic E-state index is 0.00539. The maximum absolute atomic E-state index is 12.7. The second-order valence-electron chi connectivity index (χ2n) is 8.66. The van der Waals surface area contributed by atoms with Crippen LogP contribution in [0.25, 0.3) is 0 Å². The Bertz CT molecular complexity index is 783. The van der Waals surface area contributed by atoms with Crippen LogP contribution in [-0.4, -0.2) is 89.9 Å². The van der Waals surface area contributed by atoms with Crippen molar-refractivity contribution < 1.29 is 19.1 Å². The Labute approximate surface area is 183 Å². The molecule has 0 spiro atoms. The van der Waals surface area contributed by atoms with Gasteiger partial charge in [0.15, 0.2) is 0 Å². The van der Waals surface area contributed by atoms with Crippen LogP contribution in [0.15, 0.2) is 18.3 Å². The summed E-state index contributed by atoms with van der Waals surface area (Å²) in [5, 5.41) is 0. The number of morpholine rings is 1. The Morgan fingerprint density at radius 3 is 2.45 bits per heavy atom. The van der Waals surface area contributed by atoms with E-state index in [9.17, 15) is 14.4 Å². The van der Waals surface area contributed by atoms with Gasteiger partial charge >= 0.3 is 0 Å². The molecule has 8 heteroatoms. The molecular weight excluding hydrogens is 396 g/mol. The number of piperidine rings is 1. The molecule has 0 aliphatic carbocycles. The zero-order chi connectivity index (χ0) is 21.6. The van der Waals surface area contributed by atoms with Crippen LogP contribution in [0.2, 0.25) is 0 Å². The molecule has 3 fully saturated rings. The number of hydrogen-bond acceptors (Lipinski definition) is 5. The number of aromatic nitrogens is 1. The standard InChI is InChI=1S/C23H32N4O4/c28-21-4-2-1-3-9-27(21)17-22(29)25-10-7-18(8-11-25)20-6-5-19(16-24-20)23(30)26-12-14-31-15-13-26/h5-6,16,18H,1-4,7-15,17H2. The molecule has 4 heterocycles. The molecule has 0 radical (unpaired) electrons. The highest BCUT2D eigenvalue weighted by molar-refractivity contribution is 5.94. The molecule has 3 amide bonds. The molecule has 1 aromatic rings. The van der Waals surface area contributed by atoms with Gasteiger partial charge < -0.3 is 19.4 Å². The van der Waals surface area contributed by atoms with Crippen molar-refractivity contribution in [2.45, 2.75) is 44.4 Å². The summed E-state index contributed by atoms with van der Waals surface area (Å²) in [4.78, 5) is 47.4. The monoisotopic (exact) mass is 428 g/mol. The Morgan fingerprint density at radius 2 is 1.74 bits per heavy atom. The van der Waals surface area contributed by atoms with E-state index in [2.05, 4.69) is 4.98 Å². The fourth-order valence-electron chi connectivity index (χ4n) is 4.62. The second kappa shape index (κ2) is 10.2. The number of ether oxygens (including phenoxy) is 1. The predicted octanol–water partition coefficient (Wildman–Crippen LogP) is 1.66. The first kappa shape index (κ1) is 21.7. The summed E-state index contributed by atoms with van der Waals surface area (Å²) in [5.74, 6) is 0.451. The lowest BCUT2D eigenvalue weighted by molar-refractivity contribution is -0.140. The minimum Gasteiger partial charge on any atom is -0.378 e. The molecule has 8 nitrogen and oxygen atoms in total. The van der Waals surface area contributed by atoms with Gasteiger partial charge in [-0.15, -0.1) is 0 Å². The lowest BCUT2D eigenvalue weighted by Gasteiger charge is -2.33. The first-order valence-electron chi connectivity index (χ1n) is 11.5. The van der Waals surface area contributed by atoms with Gasteiger partial charge in [0.1, 0.15) is 0 Å². The van der Waals surface area contributed by atoms with Crippen molar-refractivity contribution in [3.8, 4) is 0 Å². The van der Waals surface area contributed by atoms with E-state index in [0.29, 0.717) is 57.9 Å². The average Bonchev–Trinajstić information content (AvgIpc) is 3.03. The maximum Gasteiger partial charge on any atom is 0.255 e. The van der Waals surface area contributed by atoms with Gasteiger partial charge in [-0.25, -0.2) is 0 Å². The molecule has 0 bridgehead atoms. The summed E-state index contributed by atoms with van der Waals surface area (Å²) >= 11 is 0. The summed E-state index contributed by atoms with van der Waals surface area (Å²) in [6.45, 7) is 4.68. The van der Waals surface area contributed by atoms with Gasteiger partial charge in [0.2, 0.25) is 11.8 Å². The fraction of sp³-hybridized carbons (Fsp3) is 0.652. The van der Waals surface area contributed by atoms with E-state index < -0.39 is 0 Å². The molecule has 3 saturated heterocycles. The largest absolute Gasteiger partial charge is 0.378 e. The van der Waals surface area contributed by atoms with Crippen LogP contribution in [0, 0.1) is 0 Å². The summed E-state index contributed by atoms with van der Waals surface area (Å²) in [6.07, 6.45) is 6.91. The first-order valence-corrected chi connectivity index (χ1v) is 11.5. The quantitative estimate of drug-likeness (QED) is 0.728. The minimum atomic E-state index is 0.00539. The SMILES string of the molecule is O=C(CN1CCCCCC1=O)N1CCC(c2ccc(C(=O)N3CCOCC3)cn2)CC1. The second-order valence-corrected chi connectivity index (χ2v) is 8.66. The van der Waals surface area contributed by atoms with Gasteiger partial charge in [-0.2, -0.15) is 0 Å². The molecular formula is C23H32N4O4. The molecule has 1 aromatic heterocycles. The van der Waals surface area contributed by atoms with Gasteiger partial charge in [-0.3, -0.25) is 19.4 Å². The van der Waals surface area contributed by atoms with E-state index in [-0.39, 0.29) is 30.2 Å². The Hall–Kier alpha value is -2.48. The highest BCUT2D eigenvalue weighted by Crippen LogP contribution is 2.27. The van der Waals surface area contributed by atoms with E-state index in [1.807, 2.05) is 17.0 Å². The number of hydrogen-bond donors (Lipinski definition) is 0. The fourth-order valence-corrected chi connectivity index (χ4v) is 4.62. The maximum atomic E-state index is 12.7. The lowest BCUT2D eigenvalue weighted by Crippen LogP contribution is -2.45. The van der Waals surface area contributed by atoms with E-state index in [1.165, 1.54) is 0 Å². The van der Waals surface area contributed by atoms with Crippen LogP contribution in [0.5, 0.6) is 0 Å². The third kappa shape index (κ3) is 5.42. The number of rotatable bonds is 4. The number of carbonyl (C=O) groups is 3. The van der Waals surface area contributed by atoms with Crippen molar-refractivity contribution >= 4 is 17.7 Å². The Kier molecular flexibility index (Phi) is 7.17. The number of carbonyl (C=O) groups excluding carboxylic acids is 3. The molecule has 0 saturated carbocycles. The van der Waals surface area contributed by atoms with Crippen molar-refractivity contribution in [2.24, 2.45) is 0 Å². The van der Waals surface area contributed by atoms with Gasteiger partial charge in [-0.05, 0) is 37.8 Å². The third-order valence-corrected chi connectivity index (χ3v) is 6.60. The van der Waals surface area contributed by atoms with Crippen molar-refractivity contribution in [3.63, 3.8) is 0 Å². The van der Waals surface area contributed by atoms with Crippen LogP contribution in [0.1, 0.15) is 60.5 Å². The molecule has 168 valence electrons. The highest BCUT2D eigenvalue weighted by atomic mass is 16.5. The van der Waals surface area contributed by atoms with Crippen LogP contribution in [0.3, 0.4) is 0 Å². The molecule has 0 N–H and O–H groups in total. The summed E-state index contributed by atoms with van der Waals surface area (Å²) in [5.41, 5.74) is 1.59. The smallest absolute Gasteiger partial charge is 0.255 e. The topological polar surface area (TPSA) is 83.1 Å². The molecule has 0 unspecified atom stereocenters. The van der Waals surface area contributed by atoms with Crippen LogP contribution < -0.4 is 0 Å². The van der Waals surface area contributed by atoms with Crippen molar-refractivity contribution in [2.75, 3.05) is 52.5 Å². The molecule has 4 rings (SSSR count). The zero-order valence-electron chi connectivity index (χ0n) is 18.1. The normalized spacial score (nSPS) is 21.2. The van der Waals surface area contributed by atoms with E-state index in [0.717, 1.165) is 37.8 Å². The summed E-state index contributed by atoms with van der Waals surface area (Å²) in [6, 6.07) is 3.81. The van der Waals surface area contributed by atoms with Gasteiger partial charge in [0, 0.05) is 57.0 Å². The molecule has 31 heavy (non-hydrogen) atoms. The first-order chi connectivity index (χ1) is 15.1. The zero-order valence-corrected chi connectivity index (χ0v) is 18.1. The van der Waals surface area contributed by atoms with Crippen LogP contribution in [-0.2, 0) is 14.3 Å². The van der Waals surface area contributed by atoms with E-state index in [1.54, 1.807) is 16.0 Å². The Morgan fingerprint density at radius 1 is 0.968 bits per heavy atom. The number of pyridine rings is 1. The summed E-state index contributed by atoms with van der Waals surface area (Å²) < 4.78 is 5.31. The Balaban J connectivity index is 1.27. The van der Waals surface area contributed by atoms with Crippen molar-refractivity contribution in [3.05, 3.63) is 29.6 Å². The summed E-state index contributed by atoms with van der Waals surface area (Å²) in [7, 11) is 0. The molecule has 0 aromatic carbocycles. The van der Waals surface area contributed by atoms with Gasteiger partial charge in [0.25, 0.3) is 5.91 Å². The highest BCUT2D eigenvalue weighted by Gasteiger charge is 2.27. The van der Waals surface area contributed by atoms with Gasteiger partial charge in [0.05, 0.1) is 25.3 Å². The number of amides is 3. The molecule has 3 aliphatic heterocycles. The van der Waals surface area contributed by atoms with E-state index in [4.69, 9.17) is 4.74 Å². The number of nitrogens with zero attached hydrogens (tertiary/aromatic N) is 4. The third-order valence-electron chi connectivity index (χ3n) is 6.60. The van der Waals surface area contributed by atoms with Gasteiger partial charge in [-0.1, -0.05) is 6.42 Å². The molecule has 0 atom stereocenters. The van der Waals surface area contributed by atoms with Crippen LogP contribution >= 0.6 is 0 Å².